The van der Waals surface area contributed by atoms with Crippen molar-refractivity contribution < 1.29 is 9.90 Å². The summed E-state index contributed by atoms with van der Waals surface area (Å²) < 4.78 is 0. The Kier molecular flexibility index (Phi) is 4.64. The summed E-state index contributed by atoms with van der Waals surface area (Å²) in [4.78, 5) is 9.82. The van der Waals surface area contributed by atoms with Gasteiger partial charge in [0.25, 0.3) is 0 Å². The number of carboxylic acids is 1. The second-order valence-corrected chi connectivity index (χ2v) is 2.03. The van der Waals surface area contributed by atoms with Crippen LogP contribution in [-0.2, 0) is 4.79 Å². The van der Waals surface area contributed by atoms with Crippen LogP contribution >= 0.6 is 11.8 Å². The van der Waals surface area contributed by atoms with Crippen LogP contribution in [0, 0.1) is 11.3 Å². The topological polar surface area (TPSA) is 61.1 Å². The molecular weight excluding hydrogens is 138 g/mol. The minimum Gasteiger partial charge on any atom is -0.481 e. The third-order valence-electron chi connectivity index (χ3n) is 0.446. The smallest absolute Gasteiger partial charge is 0.313 e. The van der Waals surface area contributed by atoms with E-state index in [4.69, 9.17) is 10.4 Å². The third kappa shape index (κ3) is 7.05. The van der Waals surface area contributed by atoms with Crippen LogP contribution in [0.5, 0.6) is 0 Å². The summed E-state index contributed by atoms with van der Waals surface area (Å²) >= 11 is 1.08. The molecule has 0 bridgehead atoms. The summed E-state index contributed by atoms with van der Waals surface area (Å²) in [5.41, 5.74) is 0. The maximum Gasteiger partial charge on any atom is 0.313 e. The Morgan fingerprint density at radius 3 is 3.00 bits per heavy atom. The van der Waals surface area contributed by atoms with Crippen LogP contribution in [0.3, 0.4) is 0 Å². The van der Waals surface area contributed by atoms with E-state index in [0.29, 0.717) is 0 Å². The van der Waals surface area contributed by atoms with Crippen molar-refractivity contribution in [2.24, 2.45) is 0 Å². The highest BCUT2D eigenvalue weighted by molar-refractivity contribution is 8.02. The molecule has 0 aromatic heterocycles. The SMILES string of the molecule is N#C/C=C\SCC(=O)O. The van der Waals surface area contributed by atoms with Gasteiger partial charge in [-0.1, -0.05) is 0 Å². The molecule has 0 saturated carbocycles. The molecule has 0 aliphatic carbocycles. The van der Waals surface area contributed by atoms with Gasteiger partial charge in [0, 0.05) is 6.08 Å². The summed E-state index contributed by atoms with van der Waals surface area (Å²) in [7, 11) is 0. The molecular formula is C5H5NO2S. The molecule has 0 atom stereocenters. The number of allylic oxidation sites excluding steroid dienone is 1. The third-order valence-corrected chi connectivity index (χ3v) is 1.19. The lowest BCUT2D eigenvalue weighted by Crippen LogP contribution is -1.95. The van der Waals surface area contributed by atoms with Crippen LogP contribution in [0.4, 0.5) is 0 Å². The highest BCUT2D eigenvalue weighted by Crippen LogP contribution is 1.99. The number of thioether (sulfide) groups is 1. The van der Waals surface area contributed by atoms with E-state index in [1.165, 1.54) is 11.5 Å². The number of hydrogen-bond acceptors (Lipinski definition) is 3. The lowest BCUT2D eigenvalue weighted by molar-refractivity contribution is -0.133. The Balaban J connectivity index is 3.22. The summed E-state index contributed by atoms with van der Waals surface area (Å²) in [5, 5.41) is 17.5. The monoisotopic (exact) mass is 143 g/mol. The molecule has 0 heterocycles. The minimum absolute atomic E-state index is 0.0121. The fourth-order valence-corrected chi connectivity index (χ4v) is 0.594. The van der Waals surface area contributed by atoms with Gasteiger partial charge in [0.05, 0.1) is 11.8 Å². The molecule has 0 spiro atoms. The van der Waals surface area contributed by atoms with Crippen molar-refractivity contribution in [3.8, 4) is 6.07 Å². The molecule has 0 aliphatic heterocycles. The molecule has 3 nitrogen and oxygen atoms in total. The quantitative estimate of drug-likeness (QED) is 0.595. The van der Waals surface area contributed by atoms with E-state index in [1.807, 2.05) is 0 Å². The second-order valence-electron chi connectivity index (χ2n) is 1.14. The van der Waals surface area contributed by atoms with Gasteiger partial charge in [-0.2, -0.15) is 5.26 Å². The highest BCUT2D eigenvalue weighted by atomic mass is 32.2. The average Bonchev–Trinajstić information content (AvgIpc) is 1.80. The number of carbonyl (C=O) groups is 1. The Morgan fingerprint density at radius 2 is 2.56 bits per heavy atom. The highest BCUT2D eigenvalue weighted by Gasteiger charge is 1.90. The fourth-order valence-electron chi connectivity index (χ4n) is 0.198. The molecule has 1 N–H and O–H groups in total. The van der Waals surface area contributed by atoms with Crippen molar-refractivity contribution in [3.63, 3.8) is 0 Å². The number of nitrogens with zero attached hydrogens (tertiary/aromatic N) is 1. The molecule has 0 aliphatic rings. The van der Waals surface area contributed by atoms with Crippen LogP contribution in [-0.4, -0.2) is 16.8 Å². The molecule has 0 amide bonds. The first-order valence-corrected chi connectivity index (χ1v) is 3.20. The predicted molar refractivity (Wildman–Crippen MR) is 34.8 cm³/mol. The van der Waals surface area contributed by atoms with Gasteiger partial charge < -0.3 is 5.11 Å². The molecule has 9 heavy (non-hydrogen) atoms. The summed E-state index contributed by atoms with van der Waals surface area (Å²) in [5.74, 6) is -0.861. The minimum atomic E-state index is -0.873. The molecule has 0 aromatic carbocycles. The number of carboxylic acid groups (broad SMARTS) is 1. The zero-order valence-electron chi connectivity index (χ0n) is 4.57. The van der Waals surface area contributed by atoms with E-state index < -0.39 is 5.97 Å². The van der Waals surface area contributed by atoms with Gasteiger partial charge in [0.15, 0.2) is 0 Å². The van der Waals surface area contributed by atoms with Gasteiger partial charge in [-0.15, -0.1) is 11.8 Å². The normalized spacial score (nSPS) is 9.22. The van der Waals surface area contributed by atoms with E-state index >= 15 is 0 Å². The van der Waals surface area contributed by atoms with Gasteiger partial charge in [-0.3, -0.25) is 4.79 Å². The van der Waals surface area contributed by atoms with Gasteiger partial charge in [-0.25, -0.2) is 0 Å². The molecule has 0 aromatic rings. The van der Waals surface area contributed by atoms with Crippen molar-refractivity contribution >= 4 is 17.7 Å². The fraction of sp³-hybridized carbons (Fsp3) is 0.200. The van der Waals surface area contributed by atoms with Gasteiger partial charge in [-0.05, 0) is 5.41 Å². The summed E-state index contributed by atoms with van der Waals surface area (Å²) in [6.07, 6.45) is 1.24. The van der Waals surface area contributed by atoms with Crippen molar-refractivity contribution in [3.05, 3.63) is 11.5 Å². The van der Waals surface area contributed by atoms with E-state index in [-0.39, 0.29) is 5.75 Å². The van der Waals surface area contributed by atoms with Crippen LogP contribution in [0.1, 0.15) is 0 Å². The average molecular weight is 143 g/mol. The molecule has 0 radical (unpaired) electrons. The molecule has 48 valence electrons. The molecule has 0 saturated heterocycles. The Labute approximate surface area is 57.0 Å². The Hall–Kier alpha value is -0.950. The van der Waals surface area contributed by atoms with Gasteiger partial charge in [0.1, 0.15) is 0 Å². The van der Waals surface area contributed by atoms with Crippen LogP contribution in [0.15, 0.2) is 11.5 Å². The predicted octanol–water partition coefficient (Wildman–Crippen LogP) is 0.841. The standard InChI is InChI=1S/C5H5NO2S/c6-2-1-3-9-4-5(7)8/h1,3H,4H2,(H,7,8)/b3-1-. The largest absolute Gasteiger partial charge is 0.481 e. The first-order chi connectivity index (χ1) is 4.27. The van der Waals surface area contributed by atoms with Crippen molar-refractivity contribution in [2.75, 3.05) is 5.75 Å². The van der Waals surface area contributed by atoms with Gasteiger partial charge >= 0.3 is 5.97 Å². The lowest BCUT2D eigenvalue weighted by Gasteiger charge is -1.83. The van der Waals surface area contributed by atoms with Gasteiger partial charge in [0.2, 0.25) is 0 Å². The first kappa shape index (κ1) is 8.05. The van der Waals surface area contributed by atoms with Crippen molar-refractivity contribution in [2.45, 2.75) is 0 Å². The summed E-state index contributed by atoms with van der Waals surface area (Å²) in [6, 6.07) is 1.75. The van der Waals surface area contributed by atoms with E-state index in [2.05, 4.69) is 0 Å². The number of aliphatic carboxylic acids is 1. The maximum absolute atomic E-state index is 9.82. The molecule has 0 rings (SSSR count). The first-order valence-electron chi connectivity index (χ1n) is 2.15. The maximum atomic E-state index is 9.82. The molecule has 0 fully saturated rings. The second kappa shape index (κ2) is 5.19. The number of nitriles is 1. The molecule has 4 heteroatoms. The summed E-state index contributed by atoms with van der Waals surface area (Å²) in [6.45, 7) is 0. The number of hydrogen-bond donors (Lipinski definition) is 1. The van der Waals surface area contributed by atoms with Crippen LogP contribution in [0.2, 0.25) is 0 Å². The number of rotatable bonds is 3. The van der Waals surface area contributed by atoms with E-state index in [1.54, 1.807) is 6.07 Å². The Bertz CT molecular complexity index is 159. The van der Waals surface area contributed by atoms with Crippen LogP contribution in [0.25, 0.3) is 0 Å². The van der Waals surface area contributed by atoms with Crippen LogP contribution < -0.4 is 0 Å². The zero-order chi connectivity index (χ0) is 7.11. The van der Waals surface area contributed by atoms with E-state index in [9.17, 15) is 4.79 Å². The van der Waals surface area contributed by atoms with Crippen molar-refractivity contribution in [1.82, 2.24) is 0 Å². The molecule has 0 unspecified atom stereocenters. The van der Waals surface area contributed by atoms with Crippen molar-refractivity contribution in [1.29, 1.82) is 5.26 Å². The van der Waals surface area contributed by atoms with E-state index in [0.717, 1.165) is 11.8 Å². The zero-order valence-corrected chi connectivity index (χ0v) is 5.39. The lowest BCUT2D eigenvalue weighted by atomic mass is 10.7. The Morgan fingerprint density at radius 1 is 1.89 bits per heavy atom.